The molecule has 1 aromatic carbocycles. The van der Waals surface area contributed by atoms with Crippen LogP contribution in [0.25, 0.3) is 0 Å². The summed E-state index contributed by atoms with van der Waals surface area (Å²) in [5.41, 5.74) is 0.770. The Morgan fingerprint density at radius 2 is 1.83 bits per heavy atom. The van der Waals surface area contributed by atoms with E-state index in [1.54, 1.807) is 24.3 Å². The second-order valence-electron chi connectivity index (χ2n) is 4.80. The number of hydrogen-bond donors (Lipinski definition) is 1. The lowest BCUT2D eigenvalue weighted by Gasteiger charge is -2.24. The van der Waals surface area contributed by atoms with E-state index in [1.165, 1.54) is 0 Å². The summed E-state index contributed by atoms with van der Waals surface area (Å²) < 4.78 is 9.98. The molecule has 102 valence electrons. The van der Waals surface area contributed by atoms with Crippen molar-refractivity contribution >= 4 is 16.2 Å². The van der Waals surface area contributed by atoms with E-state index in [0.29, 0.717) is 12.4 Å². The van der Waals surface area contributed by atoms with Crippen molar-refractivity contribution in [3.8, 4) is 5.75 Å². The zero-order valence-corrected chi connectivity index (χ0v) is 11.8. The maximum atomic E-state index is 11.4. The predicted octanol–water partition coefficient (Wildman–Crippen LogP) is 2.39. The van der Waals surface area contributed by atoms with Gasteiger partial charge in [-0.2, -0.15) is 0 Å². The molecule has 0 aliphatic rings. The molecule has 0 heterocycles. The van der Waals surface area contributed by atoms with Crippen LogP contribution in [0.2, 0.25) is 0 Å². The topological polar surface area (TPSA) is 55.8 Å². The Labute approximate surface area is 109 Å². The van der Waals surface area contributed by atoms with Crippen LogP contribution in [0.5, 0.6) is 5.75 Å². The first-order valence-electron chi connectivity index (χ1n) is 5.61. The lowest BCUT2D eigenvalue weighted by molar-refractivity contribution is 0.105. The van der Waals surface area contributed by atoms with Crippen molar-refractivity contribution in [2.24, 2.45) is 0 Å². The van der Waals surface area contributed by atoms with Crippen LogP contribution < -0.4 is 4.74 Å². The van der Waals surface area contributed by atoms with Crippen molar-refractivity contribution in [2.75, 3.05) is 31.1 Å². The first-order chi connectivity index (χ1) is 8.40. The van der Waals surface area contributed by atoms with E-state index in [1.807, 2.05) is 0 Å². The number of carbonyl (C=O) groups excluding carboxylic acids is 1. The molecular formula is C13H20O4S. The number of hydrogen-bond acceptors (Lipinski definition) is 4. The standard InChI is InChI=1S/C13H20O4S/c1-18(2,3)9-8-16-13(15)17-12-6-4-11(10-14)5-7-12/h4-7,14H,8-10H2,1-3H3. The zero-order valence-electron chi connectivity index (χ0n) is 11.0. The molecule has 0 radical (unpaired) electrons. The van der Waals surface area contributed by atoms with Crippen LogP contribution in [0.1, 0.15) is 5.56 Å². The van der Waals surface area contributed by atoms with Crippen LogP contribution in [0.4, 0.5) is 4.79 Å². The fraction of sp³-hybridized carbons (Fsp3) is 0.462. The van der Waals surface area contributed by atoms with Gasteiger partial charge in [-0.15, -0.1) is 0 Å². The van der Waals surface area contributed by atoms with Gasteiger partial charge in [0, 0.05) is 5.75 Å². The number of rotatable bonds is 5. The van der Waals surface area contributed by atoms with E-state index in [4.69, 9.17) is 14.6 Å². The van der Waals surface area contributed by atoms with Crippen molar-refractivity contribution < 1.29 is 19.4 Å². The molecule has 0 spiro atoms. The van der Waals surface area contributed by atoms with Gasteiger partial charge in [-0.3, -0.25) is 0 Å². The van der Waals surface area contributed by atoms with E-state index in [2.05, 4.69) is 18.8 Å². The Morgan fingerprint density at radius 1 is 1.22 bits per heavy atom. The average Bonchev–Trinajstić information content (AvgIpc) is 2.28. The Bertz CT molecular complexity index is 381. The molecule has 18 heavy (non-hydrogen) atoms. The molecule has 5 heteroatoms. The third kappa shape index (κ3) is 5.93. The summed E-state index contributed by atoms with van der Waals surface area (Å²) in [6.45, 7) is 0.353. The van der Waals surface area contributed by atoms with Gasteiger partial charge in [0.25, 0.3) is 0 Å². The molecule has 0 aromatic heterocycles. The minimum absolute atomic E-state index is 0.0287. The summed E-state index contributed by atoms with van der Waals surface area (Å²) in [7, 11) is -0.662. The summed E-state index contributed by atoms with van der Waals surface area (Å²) in [6.07, 6.45) is 5.80. The highest BCUT2D eigenvalue weighted by atomic mass is 32.3. The van der Waals surface area contributed by atoms with Gasteiger partial charge in [0.2, 0.25) is 0 Å². The Kier molecular flexibility index (Phi) is 5.50. The molecule has 0 bridgehead atoms. The number of aliphatic hydroxyl groups is 1. The molecule has 0 saturated carbocycles. The van der Waals surface area contributed by atoms with E-state index >= 15 is 0 Å². The fourth-order valence-corrected chi connectivity index (χ4v) is 1.75. The zero-order chi connectivity index (χ0) is 13.6. The van der Waals surface area contributed by atoms with Gasteiger partial charge < -0.3 is 14.6 Å². The molecule has 0 aliphatic carbocycles. The van der Waals surface area contributed by atoms with Crippen LogP contribution >= 0.6 is 10.0 Å². The smallest absolute Gasteiger partial charge is 0.433 e. The summed E-state index contributed by atoms with van der Waals surface area (Å²) in [4.78, 5) is 11.4. The molecule has 0 atom stereocenters. The minimum Gasteiger partial charge on any atom is -0.433 e. The van der Waals surface area contributed by atoms with Crippen LogP contribution in [0.15, 0.2) is 24.3 Å². The summed E-state index contributed by atoms with van der Waals surface area (Å²) in [5.74, 6) is 1.28. The quantitative estimate of drug-likeness (QED) is 0.660. The summed E-state index contributed by atoms with van der Waals surface area (Å²) >= 11 is 0. The van der Waals surface area contributed by atoms with Crippen LogP contribution in [-0.4, -0.2) is 42.4 Å². The van der Waals surface area contributed by atoms with Crippen LogP contribution in [-0.2, 0) is 11.3 Å². The lowest BCUT2D eigenvalue weighted by Crippen LogP contribution is -2.15. The molecule has 0 unspecified atom stereocenters. The molecule has 0 fully saturated rings. The Morgan fingerprint density at radius 3 is 2.33 bits per heavy atom. The Balaban J connectivity index is 2.35. The van der Waals surface area contributed by atoms with Crippen LogP contribution in [0.3, 0.4) is 0 Å². The maximum absolute atomic E-state index is 11.4. The molecule has 0 aliphatic heterocycles. The summed E-state index contributed by atoms with van der Waals surface area (Å²) in [5, 5.41) is 8.87. The van der Waals surface area contributed by atoms with Crippen molar-refractivity contribution in [1.29, 1.82) is 0 Å². The Hall–Kier alpha value is -1.20. The van der Waals surface area contributed by atoms with Crippen LogP contribution in [0, 0.1) is 0 Å². The monoisotopic (exact) mass is 272 g/mol. The largest absolute Gasteiger partial charge is 0.513 e. The van der Waals surface area contributed by atoms with Gasteiger partial charge in [-0.1, -0.05) is 12.1 Å². The maximum Gasteiger partial charge on any atom is 0.513 e. The third-order valence-corrected chi connectivity index (χ3v) is 3.61. The average molecular weight is 272 g/mol. The third-order valence-electron chi connectivity index (χ3n) is 2.22. The minimum atomic E-state index is -0.685. The first-order valence-corrected chi connectivity index (χ1v) is 8.64. The van der Waals surface area contributed by atoms with E-state index in [-0.39, 0.29) is 6.61 Å². The van der Waals surface area contributed by atoms with E-state index < -0.39 is 16.2 Å². The van der Waals surface area contributed by atoms with Crippen molar-refractivity contribution in [1.82, 2.24) is 0 Å². The normalized spacial score (nSPS) is 12.0. The molecule has 1 N–H and O–H groups in total. The highest BCUT2D eigenvalue weighted by Gasteiger charge is 2.09. The number of ether oxygens (including phenoxy) is 2. The van der Waals surface area contributed by atoms with Gasteiger partial charge in [0.05, 0.1) is 6.61 Å². The molecule has 1 aromatic rings. The van der Waals surface area contributed by atoms with Gasteiger partial charge in [0.1, 0.15) is 12.4 Å². The van der Waals surface area contributed by atoms with Crippen molar-refractivity contribution in [3.05, 3.63) is 29.8 Å². The number of aliphatic hydroxyl groups excluding tert-OH is 1. The molecule has 1 rings (SSSR count). The lowest BCUT2D eigenvalue weighted by atomic mass is 10.2. The summed E-state index contributed by atoms with van der Waals surface area (Å²) in [6, 6.07) is 6.65. The van der Waals surface area contributed by atoms with Crippen molar-refractivity contribution in [3.63, 3.8) is 0 Å². The number of carbonyl (C=O) groups is 1. The molecular weight excluding hydrogens is 252 g/mol. The molecule has 0 saturated heterocycles. The van der Waals surface area contributed by atoms with Gasteiger partial charge >= 0.3 is 6.16 Å². The van der Waals surface area contributed by atoms with E-state index in [0.717, 1.165) is 11.3 Å². The second-order valence-corrected chi connectivity index (χ2v) is 9.39. The van der Waals surface area contributed by atoms with Gasteiger partial charge in [-0.25, -0.2) is 14.8 Å². The first kappa shape index (κ1) is 14.9. The fourth-order valence-electron chi connectivity index (χ4n) is 1.16. The number of benzene rings is 1. The molecule has 0 amide bonds. The predicted molar refractivity (Wildman–Crippen MR) is 74.6 cm³/mol. The SMILES string of the molecule is CS(C)(C)CCOC(=O)Oc1ccc(CO)cc1. The highest BCUT2D eigenvalue weighted by Crippen LogP contribution is 2.33. The van der Waals surface area contributed by atoms with Gasteiger partial charge in [-0.05, 0) is 36.5 Å². The highest BCUT2D eigenvalue weighted by molar-refractivity contribution is 8.32. The van der Waals surface area contributed by atoms with Gasteiger partial charge in [0.15, 0.2) is 0 Å². The van der Waals surface area contributed by atoms with E-state index in [9.17, 15) is 4.79 Å². The van der Waals surface area contributed by atoms with Crippen molar-refractivity contribution in [2.45, 2.75) is 6.61 Å². The molecule has 4 nitrogen and oxygen atoms in total. The second kappa shape index (κ2) is 6.66.